The summed E-state index contributed by atoms with van der Waals surface area (Å²) in [5, 5.41) is 24.1. The van der Waals surface area contributed by atoms with Crippen molar-refractivity contribution in [3.8, 4) is 11.5 Å². The molecule has 0 radical (unpaired) electrons. The number of phenols is 2. The number of nitrogens with one attached hydrogen (secondary N) is 1. The van der Waals surface area contributed by atoms with E-state index in [2.05, 4.69) is 5.32 Å². The van der Waals surface area contributed by atoms with Gasteiger partial charge in [-0.05, 0) is 161 Å². The Labute approximate surface area is 287 Å². The van der Waals surface area contributed by atoms with Crippen LogP contribution in [-0.4, -0.2) is 60.0 Å². The van der Waals surface area contributed by atoms with Crippen molar-refractivity contribution in [1.82, 2.24) is 5.32 Å². The third kappa shape index (κ3) is 8.46. The third-order valence-corrected chi connectivity index (χ3v) is 9.60. The number of phenolic OH excluding ortho intramolecular Hbond substituents is 2. The van der Waals surface area contributed by atoms with E-state index >= 15 is 0 Å². The maximum Gasteiger partial charge on any atom is 0.342 e. The van der Waals surface area contributed by atoms with Crippen LogP contribution in [0, 0.1) is 25.6 Å². The van der Waals surface area contributed by atoms with Crippen molar-refractivity contribution >= 4 is 108 Å². The Morgan fingerprint density at radius 2 is 1.25 bits per heavy atom. The number of rotatable bonds is 9. The van der Waals surface area contributed by atoms with Crippen LogP contribution in [0.3, 0.4) is 0 Å². The summed E-state index contributed by atoms with van der Waals surface area (Å²) in [4.78, 5) is 39.6. The molecule has 0 amide bonds. The highest BCUT2D eigenvalue weighted by Crippen LogP contribution is 2.34. The number of esters is 3. The number of piperidine rings is 1. The van der Waals surface area contributed by atoms with Crippen LogP contribution in [0.2, 0.25) is 0 Å². The van der Waals surface area contributed by atoms with Crippen molar-refractivity contribution in [1.29, 1.82) is 0 Å². The first-order chi connectivity index (χ1) is 18.6. The van der Waals surface area contributed by atoms with Crippen LogP contribution in [0.25, 0.3) is 0 Å². The van der Waals surface area contributed by atoms with Gasteiger partial charge in [0.15, 0.2) is 0 Å². The number of carbonyl (C=O) groups excluding carboxylic acids is 3. The molecular weight excluding hydrogens is 974 g/mol. The molecule has 1 aliphatic heterocycles. The van der Waals surface area contributed by atoms with Crippen LogP contribution in [0.15, 0.2) is 24.3 Å². The lowest BCUT2D eigenvalue weighted by atomic mass is 9.83. The van der Waals surface area contributed by atoms with Gasteiger partial charge in [0, 0.05) is 13.1 Å². The van der Waals surface area contributed by atoms with E-state index in [1.54, 1.807) is 12.1 Å². The van der Waals surface area contributed by atoms with Gasteiger partial charge in [0.05, 0.1) is 7.14 Å². The summed E-state index contributed by atoms with van der Waals surface area (Å²) in [7, 11) is 0. The zero-order valence-electron chi connectivity index (χ0n) is 22.0. The van der Waals surface area contributed by atoms with Crippen LogP contribution >= 0.6 is 90.4 Å². The summed E-state index contributed by atoms with van der Waals surface area (Å²) in [6.07, 6.45) is 1.66. The van der Waals surface area contributed by atoms with Gasteiger partial charge in [-0.15, -0.1) is 0 Å². The molecule has 3 rings (SSSR count). The van der Waals surface area contributed by atoms with E-state index in [1.807, 2.05) is 104 Å². The van der Waals surface area contributed by atoms with Crippen LogP contribution in [-0.2, 0) is 19.0 Å². The van der Waals surface area contributed by atoms with Gasteiger partial charge in [0.2, 0.25) is 0 Å². The average Bonchev–Trinajstić information content (AvgIpc) is 2.90. The summed E-state index contributed by atoms with van der Waals surface area (Å²) < 4.78 is 19.4. The second-order valence-corrected chi connectivity index (χ2v) is 15.1. The van der Waals surface area contributed by atoms with Crippen molar-refractivity contribution in [2.75, 3.05) is 26.3 Å². The topological polar surface area (TPSA) is 131 Å². The number of halogens is 4. The molecule has 1 fully saturated rings. The molecule has 1 saturated heterocycles. The Hall–Kier alpha value is -0.670. The van der Waals surface area contributed by atoms with Gasteiger partial charge in [-0.1, -0.05) is 0 Å². The molecule has 0 spiro atoms. The lowest BCUT2D eigenvalue weighted by Gasteiger charge is -2.39. The fourth-order valence-corrected chi connectivity index (χ4v) is 7.86. The fourth-order valence-electron chi connectivity index (χ4n) is 4.17. The zero-order valence-corrected chi connectivity index (χ0v) is 30.6. The molecule has 2 aromatic carbocycles. The molecule has 1 heterocycles. The third-order valence-electron chi connectivity index (χ3n) is 6.71. The number of ether oxygens (including phenoxy) is 3. The van der Waals surface area contributed by atoms with Gasteiger partial charge in [-0.3, -0.25) is 4.79 Å². The number of hydrogen-bond acceptors (Lipinski definition) is 9. The van der Waals surface area contributed by atoms with E-state index in [4.69, 9.17) is 14.2 Å². The lowest BCUT2D eigenvalue weighted by Crippen LogP contribution is -2.48. The molecule has 2 aromatic rings. The molecule has 0 aromatic heterocycles. The van der Waals surface area contributed by atoms with Crippen molar-refractivity contribution in [3.63, 3.8) is 0 Å². The SMILES string of the molecule is CC(COC(=O)c1cc(I)cc(I)c1O)(COC(=O)c1cc(I)cc(I)c1O)C(=O)OC(C)(C)C1CCNCC1. The molecule has 218 valence electrons. The Kier molecular flexibility index (Phi) is 12.0. The minimum Gasteiger partial charge on any atom is -0.506 e. The molecular formula is C27H29I4NO8. The highest BCUT2D eigenvalue weighted by atomic mass is 127. The van der Waals surface area contributed by atoms with Gasteiger partial charge in [-0.2, -0.15) is 0 Å². The van der Waals surface area contributed by atoms with E-state index in [1.165, 1.54) is 19.1 Å². The van der Waals surface area contributed by atoms with Gasteiger partial charge >= 0.3 is 17.9 Å². The number of aromatic hydroxyl groups is 2. The molecule has 0 saturated carbocycles. The van der Waals surface area contributed by atoms with E-state index in [0.717, 1.165) is 33.1 Å². The molecule has 0 atom stereocenters. The smallest absolute Gasteiger partial charge is 0.342 e. The van der Waals surface area contributed by atoms with Gasteiger partial charge < -0.3 is 29.7 Å². The predicted octanol–water partition coefficient (Wildman–Crippen LogP) is 5.86. The summed E-state index contributed by atoms with van der Waals surface area (Å²) in [5.41, 5.74) is -2.48. The van der Waals surface area contributed by atoms with Crippen LogP contribution in [0.5, 0.6) is 11.5 Å². The molecule has 40 heavy (non-hydrogen) atoms. The fraction of sp³-hybridized carbons (Fsp3) is 0.444. The summed E-state index contributed by atoms with van der Waals surface area (Å²) in [6, 6.07) is 6.38. The number of hydrogen-bond donors (Lipinski definition) is 3. The quantitative estimate of drug-likeness (QED) is 0.161. The molecule has 9 nitrogen and oxygen atoms in total. The molecule has 0 aliphatic carbocycles. The first-order valence-corrected chi connectivity index (χ1v) is 16.6. The van der Waals surface area contributed by atoms with E-state index < -0.39 is 42.1 Å². The molecule has 1 aliphatic rings. The van der Waals surface area contributed by atoms with Crippen molar-refractivity contribution in [2.24, 2.45) is 11.3 Å². The minimum atomic E-state index is -1.58. The second-order valence-electron chi connectivity index (χ2n) is 10.3. The first kappa shape index (κ1) is 33.8. The largest absolute Gasteiger partial charge is 0.506 e. The summed E-state index contributed by atoms with van der Waals surface area (Å²) >= 11 is 7.87. The van der Waals surface area contributed by atoms with Gasteiger partial charge in [0.25, 0.3) is 0 Å². The highest BCUT2D eigenvalue weighted by Gasteiger charge is 2.44. The maximum atomic E-state index is 13.6. The molecule has 0 bridgehead atoms. The van der Waals surface area contributed by atoms with Crippen LogP contribution in [0.1, 0.15) is 54.3 Å². The Morgan fingerprint density at radius 3 is 1.68 bits per heavy atom. The highest BCUT2D eigenvalue weighted by molar-refractivity contribution is 14.1. The summed E-state index contributed by atoms with van der Waals surface area (Å²) in [6.45, 7) is 5.86. The van der Waals surface area contributed by atoms with E-state index in [9.17, 15) is 24.6 Å². The van der Waals surface area contributed by atoms with Crippen LogP contribution < -0.4 is 5.32 Å². The minimum absolute atomic E-state index is 0.0441. The van der Waals surface area contributed by atoms with Crippen LogP contribution in [0.4, 0.5) is 0 Å². The molecule has 13 heteroatoms. The van der Waals surface area contributed by atoms with Crippen molar-refractivity contribution in [3.05, 3.63) is 49.7 Å². The van der Waals surface area contributed by atoms with E-state index in [0.29, 0.717) is 7.14 Å². The monoisotopic (exact) mass is 1000 g/mol. The van der Waals surface area contributed by atoms with E-state index in [-0.39, 0.29) is 28.5 Å². The summed E-state index contributed by atoms with van der Waals surface area (Å²) in [5.74, 6) is -2.69. The van der Waals surface area contributed by atoms with Gasteiger partial charge in [-0.25, -0.2) is 9.59 Å². The standard InChI is InChI=1S/C27H29I4NO8/c1-26(2,14-4-6-32-7-5-14)40-25(37)27(3,12-38-23(35)17-8-15(28)10-19(30)21(17)33)13-39-24(36)18-9-16(29)11-20(31)22(18)34/h8-11,14,32-34H,4-7,12-13H2,1-3H3. The van der Waals surface area contributed by atoms with Crippen molar-refractivity contribution in [2.45, 2.75) is 39.2 Å². The Balaban J connectivity index is 1.84. The Morgan fingerprint density at radius 1 is 0.825 bits per heavy atom. The maximum absolute atomic E-state index is 13.6. The average molecular weight is 1000 g/mol. The lowest BCUT2D eigenvalue weighted by molar-refractivity contribution is -0.179. The Bertz CT molecular complexity index is 1220. The number of benzene rings is 2. The zero-order chi connectivity index (χ0) is 29.8. The normalized spacial score (nSPS) is 14.5. The molecule has 0 unspecified atom stereocenters. The molecule has 3 N–H and O–H groups in total. The van der Waals surface area contributed by atoms with Gasteiger partial charge in [0.1, 0.15) is 46.9 Å². The number of carbonyl (C=O) groups is 3. The second kappa shape index (κ2) is 14.2. The van der Waals surface area contributed by atoms with Crippen molar-refractivity contribution < 1.29 is 38.8 Å². The first-order valence-electron chi connectivity index (χ1n) is 12.3. The predicted molar refractivity (Wildman–Crippen MR) is 182 cm³/mol.